The van der Waals surface area contributed by atoms with Gasteiger partial charge in [-0.3, -0.25) is 0 Å². The summed E-state index contributed by atoms with van der Waals surface area (Å²) in [6.07, 6.45) is 7.36. The molecule has 0 spiro atoms. The van der Waals surface area contributed by atoms with Crippen LogP contribution >= 0.6 is 11.6 Å². The summed E-state index contributed by atoms with van der Waals surface area (Å²) >= 11 is 6.00. The minimum atomic E-state index is 0.544. The van der Waals surface area contributed by atoms with Gasteiger partial charge in [0.25, 0.3) is 0 Å². The van der Waals surface area contributed by atoms with Crippen molar-refractivity contribution in [2.45, 2.75) is 51.4 Å². The van der Waals surface area contributed by atoms with Gasteiger partial charge in [-0.05, 0) is 25.3 Å². The second-order valence-corrected chi connectivity index (χ2v) is 4.62. The maximum absolute atomic E-state index is 6.00. The van der Waals surface area contributed by atoms with Gasteiger partial charge < -0.3 is 0 Å². The van der Waals surface area contributed by atoms with Gasteiger partial charge in [0.15, 0.2) is 0 Å². The highest BCUT2D eigenvalue weighted by Gasteiger charge is 2.18. The zero-order valence-corrected chi connectivity index (χ0v) is 9.93. The summed E-state index contributed by atoms with van der Waals surface area (Å²) < 4.78 is 0. The fourth-order valence-electron chi connectivity index (χ4n) is 2.21. The maximum Gasteiger partial charge on any atom is 0.133 e. The third kappa shape index (κ3) is 2.69. The normalized spacial score (nSPS) is 18.0. The molecule has 1 fully saturated rings. The van der Waals surface area contributed by atoms with E-state index in [1.807, 2.05) is 6.07 Å². The number of aromatic nitrogens is 2. The van der Waals surface area contributed by atoms with Crippen LogP contribution in [0.2, 0.25) is 5.15 Å². The van der Waals surface area contributed by atoms with E-state index in [0.717, 1.165) is 17.9 Å². The van der Waals surface area contributed by atoms with Crippen LogP contribution in [0.5, 0.6) is 0 Å². The molecule has 0 N–H and O–H groups in total. The molecule has 0 aromatic carbocycles. The molecule has 82 valence electrons. The SMILES string of the molecule is CCc1cc(Cl)nc(C2CCCCC2)n1. The standard InChI is InChI=1S/C12H17ClN2/c1-2-10-8-11(13)15-12(14-10)9-6-4-3-5-7-9/h8-9H,2-7H2,1H3. The van der Waals surface area contributed by atoms with E-state index in [9.17, 15) is 0 Å². The summed E-state index contributed by atoms with van der Waals surface area (Å²) in [6.45, 7) is 2.10. The van der Waals surface area contributed by atoms with Crippen LogP contribution in [0.3, 0.4) is 0 Å². The Bertz CT molecular complexity index is 332. The van der Waals surface area contributed by atoms with E-state index >= 15 is 0 Å². The molecular formula is C12H17ClN2. The molecule has 2 nitrogen and oxygen atoms in total. The smallest absolute Gasteiger partial charge is 0.133 e. The van der Waals surface area contributed by atoms with Crippen LogP contribution < -0.4 is 0 Å². The van der Waals surface area contributed by atoms with Crippen molar-refractivity contribution in [2.75, 3.05) is 0 Å². The first kappa shape index (κ1) is 10.9. The Balaban J connectivity index is 2.22. The zero-order chi connectivity index (χ0) is 10.7. The number of halogens is 1. The predicted molar refractivity (Wildman–Crippen MR) is 62.2 cm³/mol. The molecule has 0 aliphatic heterocycles. The molecule has 0 amide bonds. The van der Waals surface area contributed by atoms with Gasteiger partial charge in [0, 0.05) is 11.6 Å². The molecule has 1 heterocycles. The molecule has 0 bridgehead atoms. The molecule has 1 saturated carbocycles. The molecule has 2 rings (SSSR count). The minimum Gasteiger partial charge on any atom is -0.238 e. The Labute approximate surface area is 96.1 Å². The third-order valence-electron chi connectivity index (χ3n) is 3.10. The Morgan fingerprint density at radius 1 is 1.27 bits per heavy atom. The number of nitrogens with zero attached hydrogens (tertiary/aromatic N) is 2. The van der Waals surface area contributed by atoms with Crippen molar-refractivity contribution in [1.82, 2.24) is 9.97 Å². The van der Waals surface area contributed by atoms with Crippen LogP contribution in [-0.2, 0) is 6.42 Å². The lowest BCUT2D eigenvalue weighted by Crippen LogP contribution is -2.10. The Kier molecular flexibility index (Phi) is 3.57. The fraction of sp³-hybridized carbons (Fsp3) is 0.667. The number of hydrogen-bond acceptors (Lipinski definition) is 2. The summed E-state index contributed by atoms with van der Waals surface area (Å²) in [5.41, 5.74) is 1.07. The molecule has 3 heteroatoms. The zero-order valence-electron chi connectivity index (χ0n) is 9.17. The van der Waals surface area contributed by atoms with E-state index < -0.39 is 0 Å². The van der Waals surface area contributed by atoms with Gasteiger partial charge in [-0.15, -0.1) is 0 Å². The molecule has 0 atom stereocenters. The van der Waals surface area contributed by atoms with Crippen molar-refractivity contribution in [3.63, 3.8) is 0 Å². The van der Waals surface area contributed by atoms with Gasteiger partial charge >= 0.3 is 0 Å². The average Bonchev–Trinajstić information content (AvgIpc) is 2.29. The summed E-state index contributed by atoms with van der Waals surface area (Å²) in [7, 11) is 0. The van der Waals surface area contributed by atoms with Crippen molar-refractivity contribution in [1.29, 1.82) is 0 Å². The molecule has 0 unspecified atom stereocenters. The molecule has 15 heavy (non-hydrogen) atoms. The van der Waals surface area contributed by atoms with Crippen LogP contribution in [-0.4, -0.2) is 9.97 Å². The van der Waals surface area contributed by atoms with Crippen LogP contribution in [0.25, 0.3) is 0 Å². The number of rotatable bonds is 2. The molecule has 0 saturated heterocycles. The van der Waals surface area contributed by atoms with Crippen molar-refractivity contribution in [3.8, 4) is 0 Å². The first-order valence-electron chi connectivity index (χ1n) is 5.83. The largest absolute Gasteiger partial charge is 0.238 e. The molecule has 1 aromatic rings. The van der Waals surface area contributed by atoms with E-state index in [1.165, 1.54) is 32.1 Å². The van der Waals surface area contributed by atoms with E-state index in [4.69, 9.17) is 11.6 Å². The molecular weight excluding hydrogens is 208 g/mol. The second kappa shape index (κ2) is 4.93. The lowest BCUT2D eigenvalue weighted by molar-refractivity contribution is 0.427. The van der Waals surface area contributed by atoms with E-state index in [0.29, 0.717) is 11.1 Å². The quantitative estimate of drug-likeness (QED) is 0.716. The van der Waals surface area contributed by atoms with Crippen LogP contribution in [0.15, 0.2) is 6.07 Å². The van der Waals surface area contributed by atoms with Gasteiger partial charge in [-0.1, -0.05) is 37.8 Å². The topological polar surface area (TPSA) is 25.8 Å². The molecule has 1 aliphatic rings. The van der Waals surface area contributed by atoms with Crippen LogP contribution in [0.1, 0.15) is 56.5 Å². The Morgan fingerprint density at radius 2 is 2.00 bits per heavy atom. The van der Waals surface area contributed by atoms with Crippen LogP contribution in [0.4, 0.5) is 0 Å². The van der Waals surface area contributed by atoms with Gasteiger partial charge in [-0.2, -0.15) is 0 Å². The summed E-state index contributed by atoms with van der Waals surface area (Å²) in [5.74, 6) is 1.52. The predicted octanol–water partition coefficient (Wildman–Crippen LogP) is 3.74. The van der Waals surface area contributed by atoms with Crippen molar-refractivity contribution in [3.05, 3.63) is 22.7 Å². The summed E-state index contributed by atoms with van der Waals surface area (Å²) in [4.78, 5) is 8.94. The van der Waals surface area contributed by atoms with Crippen molar-refractivity contribution < 1.29 is 0 Å². The first-order valence-corrected chi connectivity index (χ1v) is 6.20. The van der Waals surface area contributed by atoms with E-state index in [1.54, 1.807) is 0 Å². The summed E-state index contributed by atoms with van der Waals surface area (Å²) in [6, 6.07) is 1.87. The minimum absolute atomic E-state index is 0.544. The highest BCUT2D eigenvalue weighted by molar-refractivity contribution is 6.29. The van der Waals surface area contributed by atoms with Crippen LogP contribution in [0, 0.1) is 0 Å². The van der Waals surface area contributed by atoms with Gasteiger partial charge in [0.2, 0.25) is 0 Å². The van der Waals surface area contributed by atoms with Crippen molar-refractivity contribution >= 4 is 11.6 Å². The second-order valence-electron chi connectivity index (χ2n) is 4.23. The van der Waals surface area contributed by atoms with Gasteiger partial charge in [0.05, 0.1) is 0 Å². The molecule has 0 radical (unpaired) electrons. The lowest BCUT2D eigenvalue weighted by atomic mass is 9.88. The monoisotopic (exact) mass is 224 g/mol. The average molecular weight is 225 g/mol. The van der Waals surface area contributed by atoms with E-state index in [-0.39, 0.29) is 0 Å². The Morgan fingerprint density at radius 3 is 2.67 bits per heavy atom. The molecule has 1 aliphatic carbocycles. The van der Waals surface area contributed by atoms with Gasteiger partial charge in [-0.25, -0.2) is 9.97 Å². The maximum atomic E-state index is 6.00. The third-order valence-corrected chi connectivity index (χ3v) is 3.29. The van der Waals surface area contributed by atoms with Crippen molar-refractivity contribution in [2.24, 2.45) is 0 Å². The van der Waals surface area contributed by atoms with Gasteiger partial charge in [0.1, 0.15) is 11.0 Å². The van der Waals surface area contributed by atoms with E-state index in [2.05, 4.69) is 16.9 Å². The highest BCUT2D eigenvalue weighted by atomic mass is 35.5. The summed E-state index contributed by atoms with van der Waals surface area (Å²) in [5, 5.41) is 0.599. The number of hydrogen-bond donors (Lipinski definition) is 0. The first-order chi connectivity index (χ1) is 7.29. The Hall–Kier alpha value is -0.630. The molecule has 1 aromatic heterocycles. The lowest BCUT2D eigenvalue weighted by Gasteiger charge is -2.20. The highest BCUT2D eigenvalue weighted by Crippen LogP contribution is 2.31. The number of aryl methyl sites for hydroxylation is 1. The fourth-order valence-corrected chi connectivity index (χ4v) is 2.42.